The lowest BCUT2D eigenvalue weighted by Crippen LogP contribution is -2.26. The van der Waals surface area contributed by atoms with Crippen LogP contribution >= 0.6 is 28.3 Å². The topological polar surface area (TPSA) is 72.3 Å². The minimum atomic E-state index is -0.268. The molecule has 3 nitrogen and oxygen atoms in total. The fourth-order valence-electron chi connectivity index (χ4n) is 1.33. The minimum absolute atomic E-state index is 0. The van der Waals surface area contributed by atoms with Gasteiger partial charge in [0, 0.05) is 16.1 Å². The molecule has 0 unspecified atom stereocenters. The van der Waals surface area contributed by atoms with Crippen molar-refractivity contribution in [3.05, 3.63) is 22.2 Å². The molecule has 0 saturated carbocycles. The zero-order chi connectivity index (χ0) is 11.8. The second-order valence-electron chi connectivity index (χ2n) is 4.74. The minimum Gasteiger partial charge on any atom is -0.505 e. The van der Waals surface area contributed by atoms with Crippen molar-refractivity contribution in [2.45, 2.75) is 26.8 Å². The van der Waals surface area contributed by atoms with Gasteiger partial charge >= 0.3 is 0 Å². The Morgan fingerprint density at radius 3 is 2.25 bits per heavy atom. The summed E-state index contributed by atoms with van der Waals surface area (Å²) in [5.41, 5.74) is 12.6. The molecule has 0 heterocycles. The van der Waals surface area contributed by atoms with E-state index in [9.17, 15) is 5.11 Å². The summed E-state index contributed by atoms with van der Waals surface area (Å²) in [5, 5.41) is 9.88. The molecule has 5 heteroatoms. The van der Waals surface area contributed by atoms with Crippen LogP contribution < -0.4 is 11.5 Å². The first-order valence-corrected chi connectivity index (χ1v) is 5.57. The number of nitrogens with two attached hydrogens (primary N) is 2. The van der Waals surface area contributed by atoms with E-state index in [0.717, 1.165) is 4.47 Å². The first-order chi connectivity index (χ1) is 6.75. The van der Waals surface area contributed by atoms with E-state index in [1.54, 1.807) is 12.1 Å². The first kappa shape index (κ1) is 15.6. The quantitative estimate of drug-likeness (QED) is 0.551. The third-order valence-corrected chi connectivity index (χ3v) is 3.13. The highest BCUT2D eigenvalue weighted by atomic mass is 79.9. The van der Waals surface area contributed by atoms with Gasteiger partial charge in [-0.15, -0.1) is 12.4 Å². The third kappa shape index (κ3) is 3.03. The summed E-state index contributed by atoms with van der Waals surface area (Å²) < 4.78 is 0.789. The summed E-state index contributed by atoms with van der Waals surface area (Å²) in [5.74, 6) is 0.0757. The van der Waals surface area contributed by atoms with E-state index < -0.39 is 0 Å². The van der Waals surface area contributed by atoms with E-state index >= 15 is 0 Å². The van der Waals surface area contributed by atoms with Crippen molar-refractivity contribution in [3.8, 4) is 5.75 Å². The number of aromatic hydroxyl groups is 1. The Balaban J connectivity index is 0.00000225. The number of anilines is 1. The van der Waals surface area contributed by atoms with Crippen molar-refractivity contribution in [1.82, 2.24) is 0 Å². The number of nitrogen functional groups attached to an aromatic ring is 1. The van der Waals surface area contributed by atoms with Crippen LogP contribution in [0.15, 0.2) is 16.6 Å². The highest BCUT2D eigenvalue weighted by Gasteiger charge is 2.27. The van der Waals surface area contributed by atoms with Crippen LogP contribution in [0.1, 0.15) is 32.4 Å². The van der Waals surface area contributed by atoms with Gasteiger partial charge in [0.2, 0.25) is 0 Å². The van der Waals surface area contributed by atoms with Gasteiger partial charge in [0.25, 0.3) is 0 Å². The molecule has 0 amide bonds. The van der Waals surface area contributed by atoms with Gasteiger partial charge in [-0.3, -0.25) is 0 Å². The number of hydrogen-bond donors (Lipinski definition) is 3. The molecule has 5 N–H and O–H groups in total. The Morgan fingerprint density at radius 2 is 1.81 bits per heavy atom. The Morgan fingerprint density at radius 1 is 1.31 bits per heavy atom. The SMILES string of the molecule is CC(C)(C)[C@@H](N)c1c(Br)ccc(N)c1O.Cl. The van der Waals surface area contributed by atoms with Crippen molar-refractivity contribution in [2.75, 3.05) is 5.73 Å². The summed E-state index contributed by atoms with van der Waals surface area (Å²) in [7, 11) is 0. The molecule has 0 aliphatic heterocycles. The lowest BCUT2D eigenvalue weighted by Gasteiger charge is -2.29. The molecule has 0 spiro atoms. The summed E-state index contributed by atoms with van der Waals surface area (Å²) in [6.45, 7) is 6.06. The van der Waals surface area contributed by atoms with Crippen molar-refractivity contribution >= 4 is 34.0 Å². The highest BCUT2D eigenvalue weighted by Crippen LogP contribution is 2.41. The number of phenolic OH excluding ortho intramolecular Hbond substituents is 1. The van der Waals surface area contributed by atoms with Crippen molar-refractivity contribution in [2.24, 2.45) is 11.1 Å². The van der Waals surface area contributed by atoms with Gasteiger partial charge in [0.05, 0.1) is 5.69 Å². The second kappa shape index (κ2) is 5.25. The molecule has 1 atom stereocenters. The molecular formula is C11H18BrClN2O. The molecule has 92 valence electrons. The van der Waals surface area contributed by atoms with E-state index in [4.69, 9.17) is 11.5 Å². The fraction of sp³-hybridized carbons (Fsp3) is 0.455. The molecule has 1 rings (SSSR count). The average molecular weight is 310 g/mol. The van der Waals surface area contributed by atoms with Crippen molar-refractivity contribution in [1.29, 1.82) is 0 Å². The lowest BCUT2D eigenvalue weighted by atomic mass is 9.82. The fourth-order valence-corrected chi connectivity index (χ4v) is 1.90. The van der Waals surface area contributed by atoms with Crippen LogP contribution in [0.2, 0.25) is 0 Å². The Labute approximate surface area is 111 Å². The van der Waals surface area contributed by atoms with Crippen LogP contribution in [-0.4, -0.2) is 5.11 Å². The van der Waals surface area contributed by atoms with Crippen LogP contribution in [0, 0.1) is 5.41 Å². The molecule has 0 saturated heterocycles. The number of phenols is 1. The first-order valence-electron chi connectivity index (χ1n) is 4.77. The van der Waals surface area contributed by atoms with Crippen LogP contribution in [-0.2, 0) is 0 Å². The highest BCUT2D eigenvalue weighted by molar-refractivity contribution is 9.10. The number of rotatable bonds is 1. The number of hydrogen-bond acceptors (Lipinski definition) is 3. The summed E-state index contributed by atoms with van der Waals surface area (Å²) >= 11 is 3.38. The smallest absolute Gasteiger partial charge is 0.144 e. The zero-order valence-electron chi connectivity index (χ0n) is 9.62. The van der Waals surface area contributed by atoms with Crippen LogP contribution in [0.25, 0.3) is 0 Å². The summed E-state index contributed by atoms with van der Waals surface area (Å²) in [6, 6.07) is 3.18. The van der Waals surface area contributed by atoms with Gasteiger partial charge in [-0.05, 0) is 17.5 Å². The zero-order valence-corrected chi connectivity index (χ0v) is 12.0. The van der Waals surface area contributed by atoms with Crippen molar-refractivity contribution in [3.63, 3.8) is 0 Å². The van der Waals surface area contributed by atoms with E-state index in [1.807, 2.05) is 20.8 Å². The molecule has 0 bridgehead atoms. The van der Waals surface area contributed by atoms with E-state index in [1.165, 1.54) is 0 Å². The molecule has 0 aliphatic rings. The Kier molecular flexibility index (Phi) is 5.11. The van der Waals surface area contributed by atoms with Gasteiger partial charge in [-0.2, -0.15) is 0 Å². The van der Waals surface area contributed by atoms with E-state index in [-0.39, 0.29) is 29.6 Å². The average Bonchev–Trinajstić information content (AvgIpc) is 2.10. The second-order valence-corrected chi connectivity index (χ2v) is 5.60. The third-order valence-electron chi connectivity index (χ3n) is 2.44. The van der Waals surface area contributed by atoms with Crippen LogP contribution in [0.3, 0.4) is 0 Å². The van der Waals surface area contributed by atoms with Gasteiger partial charge < -0.3 is 16.6 Å². The summed E-state index contributed by atoms with van der Waals surface area (Å²) in [4.78, 5) is 0. The predicted octanol–water partition coefficient (Wildman–Crippen LogP) is 3.20. The predicted molar refractivity (Wildman–Crippen MR) is 73.9 cm³/mol. The molecule has 1 aromatic carbocycles. The maximum atomic E-state index is 9.88. The van der Waals surface area contributed by atoms with Crippen LogP contribution in [0.5, 0.6) is 5.75 Å². The summed E-state index contributed by atoms with van der Waals surface area (Å²) in [6.07, 6.45) is 0. The molecule has 0 aliphatic carbocycles. The van der Waals surface area contributed by atoms with Crippen LogP contribution in [0.4, 0.5) is 5.69 Å². The van der Waals surface area contributed by atoms with Crippen molar-refractivity contribution < 1.29 is 5.11 Å². The molecule has 16 heavy (non-hydrogen) atoms. The van der Waals surface area contributed by atoms with E-state index in [0.29, 0.717) is 11.3 Å². The van der Waals surface area contributed by atoms with E-state index in [2.05, 4.69) is 15.9 Å². The Bertz CT molecular complexity index is 377. The van der Waals surface area contributed by atoms with Gasteiger partial charge in [-0.25, -0.2) is 0 Å². The maximum absolute atomic E-state index is 9.88. The molecule has 0 fully saturated rings. The molecular weight excluding hydrogens is 291 g/mol. The molecule has 0 aromatic heterocycles. The lowest BCUT2D eigenvalue weighted by molar-refractivity contribution is 0.317. The standard InChI is InChI=1S/C11H17BrN2O.ClH/c1-11(2,3)10(14)8-6(12)4-5-7(13)9(8)15;/h4-5,10,15H,13-14H2,1-3H3;1H/t10-;/m0./s1. The molecule has 0 radical (unpaired) electrons. The van der Waals surface area contributed by atoms with Gasteiger partial charge in [0.15, 0.2) is 0 Å². The number of halogens is 2. The largest absolute Gasteiger partial charge is 0.505 e. The van der Waals surface area contributed by atoms with Gasteiger partial charge in [-0.1, -0.05) is 36.7 Å². The Hall–Kier alpha value is -0.450. The van der Waals surface area contributed by atoms with Gasteiger partial charge in [0.1, 0.15) is 5.75 Å². The molecule has 1 aromatic rings. The number of benzene rings is 1. The normalized spacial score (nSPS) is 13.1. The monoisotopic (exact) mass is 308 g/mol. The maximum Gasteiger partial charge on any atom is 0.144 e.